The van der Waals surface area contributed by atoms with E-state index in [0.717, 1.165) is 36.1 Å². The van der Waals surface area contributed by atoms with Crippen LogP contribution < -0.4 is 10.6 Å². The molecule has 0 unspecified atom stereocenters. The second-order valence-corrected chi connectivity index (χ2v) is 9.13. The van der Waals surface area contributed by atoms with Crippen molar-refractivity contribution in [1.82, 2.24) is 9.88 Å². The first-order valence-corrected chi connectivity index (χ1v) is 12.3. The molecule has 1 aliphatic rings. The van der Waals surface area contributed by atoms with Crippen molar-refractivity contribution in [3.63, 3.8) is 0 Å². The van der Waals surface area contributed by atoms with Crippen LogP contribution in [0.15, 0.2) is 72.9 Å². The van der Waals surface area contributed by atoms with Gasteiger partial charge in [-0.05, 0) is 66.8 Å². The number of carbonyl (C=O) groups is 3. The summed E-state index contributed by atoms with van der Waals surface area (Å²) < 4.78 is 1.85. The van der Waals surface area contributed by atoms with Crippen molar-refractivity contribution in [2.24, 2.45) is 0 Å². The van der Waals surface area contributed by atoms with E-state index < -0.39 is 11.5 Å². The molecule has 0 radical (unpaired) electrons. The van der Waals surface area contributed by atoms with Gasteiger partial charge in [-0.1, -0.05) is 56.2 Å². The molecule has 0 aliphatic heterocycles. The Balaban J connectivity index is 1.40. The van der Waals surface area contributed by atoms with E-state index in [2.05, 4.69) is 17.6 Å². The summed E-state index contributed by atoms with van der Waals surface area (Å²) in [6.07, 6.45) is 9.02. The Morgan fingerprint density at radius 3 is 2.53 bits per heavy atom. The maximum atomic E-state index is 12.8. The molecule has 3 aromatic rings. The highest BCUT2D eigenvalue weighted by Crippen LogP contribution is 2.30. The topological polar surface area (TPSA) is 100 Å². The van der Waals surface area contributed by atoms with Gasteiger partial charge in [-0.15, -0.1) is 0 Å². The summed E-state index contributed by atoms with van der Waals surface area (Å²) in [5.74, 6) is -1.54. The number of aryl methyl sites for hydroxylation is 1. The fourth-order valence-electron chi connectivity index (χ4n) is 4.59. The van der Waals surface area contributed by atoms with Gasteiger partial charge in [0, 0.05) is 24.0 Å². The van der Waals surface area contributed by atoms with Crippen LogP contribution in [0.3, 0.4) is 0 Å². The molecular formula is C29H31N3O4. The molecule has 7 heteroatoms. The number of aromatic nitrogens is 1. The molecule has 7 nitrogen and oxygen atoms in total. The van der Waals surface area contributed by atoms with Crippen molar-refractivity contribution in [3.8, 4) is 0 Å². The minimum Gasteiger partial charge on any atom is -0.480 e. The van der Waals surface area contributed by atoms with E-state index in [4.69, 9.17) is 0 Å². The van der Waals surface area contributed by atoms with Crippen molar-refractivity contribution in [3.05, 3.63) is 95.3 Å². The van der Waals surface area contributed by atoms with Crippen LogP contribution in [-0.2, 0) is 17.8 Å². The van der Waals surface area contributed by atoms with Gasteiger partial charge in [-0.25, -0.2) is 4.79 Å². The zero-order chi connectivity index (χ0) is 25.5. The second-order valence-electron chi connectivity index (χ2n) is 9.13. The zero-order valence-electron chi connectivity index (χ0n) is 20.4. The van der Waals surface area contributed by atoms with Gasteiger partial charge in [0.25, 0.3) is 11.8 Å². The molecule has 3 N–H and O–H groups in total. The molecule has 36 heavy (non-hydrogen) atoms. The number of aliphatic carboxylic acids is 1. The Kier molecular flexibility index (Phi) is 7.68. The SMILES string of the molecule is CCc1cccc(NC(=O)c2cccn2C/C=C/c2cccc(C(=O)NC3(C(=O)O)CCCC3)c2)c1. The van der Waals surface area contributed by atoms with E-state index in [1.54, 1.807) is 24.3 Å². The molecule has 1 aliphatic carbocycles. The number of nitrogens with one attached hydrogen (secondary N) is 2. The number of carboxylic acid groups (broad SMARTS) is 1. The molecule has 0 bridgehead atoms. The van der Waals surface area contributed by atoms with Gasteiger partial charge in [-0.3, -0.25) is 9.59 Å². The van der Waals surface area contributed by atoms with Gasteiger partial charge in [0.05, 0.1) is 0 Å². The largest absolute Gasteiger partial charge is 0.480 e. The molecule has 186 valence electrons. The van der Waals surface area contributed by atoms with Crippen LogP contribution in [0.25, 0.3) is 6.08 Å². The normalized spacial score (nSPS) is 14.6. The Morgan fingerprint density at radius 2 is 1.78 bits per heavy atom. The smallest absolute Gasteiger partial charge is 0.329 e. The molecule has 0 atom stereocenters. The van der Waals surface area contributed by atoms with Gasteiger partial charge < -0.3 is 20.3 Å². The molecule has 0 saturated heterocycles. The standard InChI is InChI=1S/C29H31N3O4/c1-2-21-9-6-13-24(20-21)30-27(34)25-14-8-18-32(25)17-7-11-22-10-5-12-23(19-22)26(33)31-29(28(35)36)15-3-4-16-29/h5-14,18-20H,2-4,15-17H2,1H3,(H,30,34)(H,31,33)(H,35,36)/b11-7+. The number of benzene rings is 2. The highest BCUT2D eigenvalue weighted by atomic mass is 16.4. The van der Waals surface area contributed by atoms with Crippen LogP contribution in [0.5, 0.6) is 0 Å². The van der Waals surface area contributed by atoms with Gasteiger partial charge in [0.1, 0.15) is 11.2 Å². The van der Waals surface area contributed by atoms with Crippen molar-refractivity contribution in [2.45, 2.75) is 51.1 Å². The van der Waals surface area contributed by atoms with Crippen molar-refractivity contribution < 1.29 is 19.5 Å². The summed E-state index contributed by atoms with van der Waals surface area (Å²) >= 11 is 0. The molecule has 0 spiro atoms. The average Bonchev–Trinajstić information content (AvgIpc) is 3.55. The van der Waals surface area contributed by atoms with Crippen LogP contribution in [0.2, 0.25) is 0 Å². The van der Waals surface area contributed by atoms with E-state index in [1.807, 2.05) is 59.3 Å². The third kappa shape index (κ3) is 5.74. The number of carbonyl (C=O) groups excluding carboxylic acids is 2. The molecule has 4 rings (SSSR count). The maximum absolute atomic E-state index is 12.8. The monoisotopic (exact) mass is 485 g/mol. The van der Waals surface area contributed by atoms with E-state index in [9.17, 15) is 19.5 Å². The summed E-state index contributed by atoms with van der Waals surface area (Å²) in [4.78, 5) is 37.4. The lowest BCUT2D eigenvalue weighted by molar-refractivity contribution is -0.144. The third-order valence-electron chi connectivity index (χ3n) is 6.64. The Bertz CT molecular complexity index is 1280. The summed E-state index contributed by atoms with van der Waals surface area (Å²) in [5, 5.41) is 15.3. The number of anilines is 1. The van der Waals surface area contributed by atoms with Crippen LogP contribution >= 0.6 is 0 Å². The maximum Gasteiger partial charge on any atom is 0.329 e. The number of nitrogens with zero attached hydrogens (tertiary/aromatic N) is 1. The number of amides is 2. The Morgan fingerprint density at radius 1 is 1.00 bits per heavy atom. The first kappa shape index (κ1) is 25.0. The lowest BCUT2D eigenvalue weighted by Crippen LogP contribution is -2.52. The molecule has 1 aromatic heterocycles. The summed E-state index contributed by atoms with van der Waals surface area (Å²) in [7, 11) is 0. The number of hydrogen-bond acceptors (Lipinski definition) is 3. The molecule has 2 amide bonds. The quantitative estimate of drug-likeness (QED) is 0.391. The lowest BCUT2D eigenvalue weighted by atomic mass is 9.97. The molecule has 2 aromatic carbocycles. The lowest BCUT2D eigenvalue weighted by Gasteiger charge is -2.25. The zero-order valence-corrected chi connectivity index (χ0v) is 20.4. The number of allylic oxidation sites excluding steroid dienone is 1. The Labute approximate surface area is 210 Å². The van der Waals surface area contributed by atoms with Gasteiger partial charge >= 0.3 is 5.97 Å². The summed E-state index contributed by atoms with van der Waals surface area (Å²) in [6, 6.07) is 18.5. The van der Waals surface area contributed by atoms with Crippen LogP contribution in [0, 0.1) is 0 Å². The highest BCUT2D eigenvalue weighted by Gasteiger charge is 2.42. The van der Waals surface area contributed by atoms with E-state index in [0.29, 0.717) is 30.6 Å². The predicted octanol–water partition coefficient (Wildman–Crippen LogP) is 5.14. The minimum absolute atomic E-state index is 0.181. The van der Waals surface area contributed by atoms with Crippen molar-refractivity contribution >= 4 is 29.5 Å². The van der Waals surface area contributed by atoms with E-state index >= 15 is 0 Å². The van der Waals surface area contributed by atoms with E-state index in [-0.39, 0.29) is 11.8 Å². The third-order valence-corrected chi connectivity index (χ3v) is 6.64. The van der Waals surface area contributed by atoms with Crippen LogP contribution in [0.4, 0.5) is 5.69 Å². The fraction of sp³-hybridized carbons (Fsp3) is 0.276. The number of rotatable bonds is 9. The molecular weight excluding hydrogens is 454 g/mol. The second kappa shape index (κ2) is 11.1. The van der Waals surface area contributed by atoms with Gasteiger partial charge in [0.15, 0.2) is 0 Å². The summed E-state index contributed by atoms with van der Waals surface area (Å²) in [6.45, 7) is 2.55. The fourth-order valence-corrected chi connectivity index (χ4v) is 4.59. The first-order valence-electron chi connectivity index (χ1n) is 12.3. The summed E-state index contributed by atoms with van der Waals surface area (Å²) in [5.41, 5.74) is 2.52. The predicted molar refractivity (Wildman–Crippen MR) is 140 cm³/mol. The number of hydrogen-bond donors (Lipinski definition) is 3. The van der Waals surface area contributed by atoms with Crippen molar-refractivity contribution in [2.75, 3.05) is 5.32 Å². The van der Waals surface area contributed by atoms with E-state index in [1.165, 1.54) is 0 Å². The van der Waals surface area contributed by atoms with Gasteiger partial charge in [-0.2, -0.15) is 0 Å². The first-order chi connectivity index (χ1) is 17.4. The van der Waals surface area contributed by atoms with Crippen LogP contribution in [0.1, 0.15) is 64.6 Å². The highest BCUT2D eigenvalue weighted by molar-refractivity contribution is 6.03. The molecule has 1 fully saturated rings. The Hall–Kier alpha value is -4.13. The average molecular weight is 486 g/mol. The number of carboxylic acids is 1. The minimum atomic E-state index is -1.17. The van der Waals surface area contributed by atoms with Crippen molar-refractivity contribution in [1.29, 1.82) is 0 Å². The molecule has 1 heterocycles. The molecule has 1 saturated carbocycles. The van der Waals surface area contributed by atoms with Crippen LogP contribution in [-0.4, -0.2) is 33.0 Å². The van der Waals surface area contributed by atoms with Gasteiger partial charge in [0.2, 0.25) is 0 Å².